The number of halogens is 4. The van der Waals surface area contributed by atoms with Gasteiger partial charge in [0.25, 0.3) is 5.56 Å². The van der Waals surface area contributed by atoms with E-state index in [4.69, 9.17) is 11.6 Å². The number of rotatable bonds is 3. The van der Waals surface area contributed by atoms with Crippen molar-refractivity contribution in [2.45, 2.75) is 19.6 Å². The van der Waals surface area contributed by atoms with E-state index in [0.717, 1.165) is 22.3 Å². The number of anilines is 1. The monoisotopic (exact) mass is 395 g/mol. The Morgan fingerprint density at radius 2 is 1.96 bits per heavy atom. The van der Waals surface area contributed by atoms with Gasteiger partial charge in [-0.25, -0.2) is 4.98 Å². The Morgan fingerprint density at radius 3 is 2.67 bits per heavy atom. The van der Waals surface area contributed by atoms with E-state index in [2.05, 4.69) is 10.3 Å². The Morgan fingerprint density at radius 1 is 1.22 bits per heavy atom. The van der Waals surface area contributed by atoms with Crippen LogP contribution < -0.4 is 10.9 Å². The molecule has 9 heteroatoms. The van der Waals surface area contributed by atoms with Crippen molar-refractivity contribution < 1.29 is 18.0 Å². The van der Waals surface area contributed by atoms with Crippen LogP contribution in [0, 0.1) is 6.92 Å². The molecule has 27 heavy (non-hydrogen) atoms. The van der Waals surface area contributed by atoms with Crippen LogP contribution in [0.4, 0.5) is 18.9 Å². The molecule has 0 radical (unpaired) electrons. The third-order valence-electron chi connectivity index (χ3n) is 3.85. The maximum Gasteiger partial charge on any atom is 0.417 e. The molecule has 0 bridgehead atoms. The molecule has 0 spiro atoms. The molecule has 0 fully saturated rings. The number of aryl methyl sites for hydroxylation is 1. The van der Waals surface area contributed by atoms with Crippen molar-refractivity contribution in [2.75, 3.05) is 5.32 Å². The quantitative estimate of drug-likeness (QED) is 0.728. The molecular weight excluding hydrogens is 383 g/mol. The minimum atomic E-state index is -4.64. The molecule has 1 aromatic heterocycles. The van der Waals surface area contributed by atoms with E-state index in [1.54, 1.807) is 12.1 Å². The van der Waals surface area contributed by atoms with Gasteiger partial charge in [0.1, 0.15) is 6.54 Å². The van der Waals surface area contributed by atoms with Crippen molar-refractivity contribution in [2.24, 2.45) is 0 Å². The zero-order valence-corrected chi connectivity index (χ0v) is 14.7. The lowest BCUT2D eigenvalue weighted by molar-refractivity contribution is -0.137. The zero-order valence-electron chi connectivity index (χ0n) is 14.0. The van der Waals surface area contributed by atoms with Gasteiger partial charge in [-0.1, -0.05) is 23.2 Å². The molecule has 1 N–H and O–H groups in total. The topological polar surface area (TPSA) is 64.0 Å². The van der Waals surface area contributed by atoms with Crippen LogP contribution in [0.2, 0.25) is 5.02 Å². The van der Waals surface area contributed by atoms with E-state index < -0.39 is 28.2 Å². The summed E-state index contributed by atoms with van der Waals surface area (Å²) in [7, 11) is 0. The van der Waals surface area contributed by atoms with Crippen LogP contribution in [0.1, 0.15) is 11.1 Å². The first-order valence-electron chi connectivity index (χ1n) is 7.77. The van der Waals surface area contributed by atoms with Gasteiger partial charge in [0, 0.05) is 5.69 Å². The summed E-state index contributed by atoms with van der Waals surface area (Å²) in [6, 6.07) is 8.21. The van der Waals surface area contributed by atoms with Crippen molar-refractivity contribution in [3.05, 3.63) is 69.2 Å². The van der Waals surface area contributed by atoms with Crippen molar-refractivity contribution in [3.8, 4) is 0 Å². The lowest BCUT2D eigenvalue weighted by Crippen LogP contribution is -2.28. The summed E-state index contributed by atoms with van der Waals surface area (Å²) in [5.74, 6) is -0.665. The summed E-state index contributed by atoms with van der Waals surface area (Å²) in [5, 5.41) is 2.22. The highest BCUT2D eigenvalue weighted by Gasteiger charge is 2.33. The first-order chi connectivity index (χ1) is 12.6. The van der Waals surface area contributed by atoms with Crippen molar-refractivity contribution >= 4 is 34.1 Å². The third kappa shape index (κ3) is 4.11. The van der Waals surface area contributed by atoms with Crippen molar-refractivity contribution in [1.29, 1.82) is 0 Å². The Kier molecular flexibility index (Phi) is 4.93. The smallest absolute Gasteiger partial charge is 0.325 e. The second kappa shape index (κ2) is 7.03. The van der Waals surface area contributed by atoms with Crippen LogP contribution in [0.3, 0.4) is 0 Å². The Balaban J connectivity index is 1.84. The molecule has 0 saturated heterocycles. The molecule has 0 aliphatic rings. The number of nitrogens with one attached hydrogen (secondary N) is 1. The van der Waals surface area contributed by atoms with Gasteiger partial charge in [0.15, 0.2) is 0 Å². The maximum absolute atomic E-state index is 12.9. The van der Waals surface area contributed by atoms with Gasteiger partial charge in [0.05, 0.1) is 27.8 Å². The molecule has 1 amide bonds. The second-order valence-electron chi connectivity index (χ2n) is 5.94. The average Bonchev–Trinajstić information content (AvgIpc) is 2.58. The van der Waals surface area contributed by atoms with Crippen LogP contribution >= 0.6 is 11.6 Å². The average molecular weight is 396 g/mol. The number of nitrogens with zero attached hydrogens (tertiary/aromatic N) is 2. The van der Waals surface area contributed by atoms with E-state index in [-0.39, 0.29) is 12.2 Å². The predicted octanol–water partition coefficient (Wildman–Crippen LogP) is 4.02. The summed E-state index contributed by atoms with van der Waals surface area (Å²) < 4.78 is 39.8. The molecule has 0 aliphatic heterocycles. The molecule has 0 aliphatic carbocycles. The number of alkyl halides is 3. The van der Waals surface area contributed by atoms with Crippen LogP contribution in [-0.2, 0) is 17.5 Å². The number of aromatic nitrogens is 2. The van der Waals surface area contributed by atoms with Crippen LogP contribution in [0.15, 0.2) is 47.5 Å². The van der Waals surface area contributed by atoms with Gasteiger partial charge in [-0.15, -0.1) is 0 Å². The lowest BCUT2D eigenvalue weighted by Gasteiger charge is -2.12. The summed E-state index contributed by atoms with van der Waals surface area (Å²) in [6.45, 7) is 1.43. The molecule has 0 atom stereocenters. The van der Waals surface area contributed by atoms with Crippen molar-refractivity contribution in [3.63, 3.8) is 0 Å². The van der Waals surface area contributed by atoms with Crippen molar-refractivity contribution in [1.82, 2.24) is 9.55 Å². The molecule has 1 heterocycles. The highest BCUT2D eigenvalue weighted by atomic mass is 35.5. The fraction of sp³-hybridized carbons (Fsp3) is 0.167. The molecule has 2 aromatic carbocycles. The van der Waals surface area contributed by atoms with E-state index >= 15 is 0 Å². The maximum atomic E-state index is 12.9. The summed E-state index contributed by atoms with van der Waals surface area (Å²) in [6.07, 6.45) is -3.42. The van der Waals surface area contributed by atoms with E-state index in [9.17, 15) is 22.8 Å². The Bertz CT molecular complexity index is 1090. The van der Waals surface area contributed by atoms with Gasteiger partial charge in [-0.3, -0.25) is 14.2 Å². The van der Waals surface area contributed by atoms with Crippen LogP contribution in [0.5, 0.6) is 0 Å². The molecule has 3 rings (SSSR count). The molecule has 5 nitrogen and oxygen atoms in total. The summed E-state index contributed by atoms with van der Waals surface area (Å²) in [4.78, 5) is 28.8. The first-order valence-corrected chi connectivity index (χ1v) is 8.15. The molecule has 140 valence electrons. The fourth-order valence-corrected chi connectivity index (χ4v) is 2.79. The van der Waals surface area contributed by atoms with Gasteiger partial charge >= 0.3 is 6.18 Å². The van der Waals surface area contributed by atoms with Gasteiger partial charge in [-0.2, -0.15) is 13.2 Å². The number of benzene rings is 2. The number of carbonyl (C=O) groups excluding carboxylic acids is 1. The number of hydrogen-bond acceptors (Lipinski definition) is 3. The molecule has 0 unspecified atom stereocenters. The number of carbonyl (C=O) groups is 1. The fourth-order valence-electron chi connectivity index (χ4n) is 2.56. The molecule has 3 aromatic rings. The van der Waals surface area contributed by atoms with Crippen LogP contribution in [-0.4, -0.2) is 15.5 Å². The largest absolute Gasteiger partial charge is 0.417 e. The van der Waals surface area contributed by atoms with E-state index in [1.165, 1.54) is 12.4 Å². The Hall–Kier alpha value is -2.87. The van der Waals surface area contributed by atoms with E-state index in [1.807, 2.05) is 13.0 Å². The second-order valence-corrected chi connectivity index (χ2v) is 6.35. The standard InChI is InChI=1S/C18H13ClF3N3O2/c1-10-2-5-15-12(6-10)17(27)25(9-23-15)8-16(26)24-11-3-4-14(19)13(7-11)18(20,21)22/h2-7,9H,8H2,1H3,(H,24,26). The number of fused-ring (bicyclic) bond motifs is 1. The Labute approximate surface area is 156 Å². The number of amides is 1. The summed E-state index contributed by atoms with van der Waals surface area (Å²) in [5.41, 5.74) is -0.179. The molecule has 0 saturated carbocycles. The predicted molar refractivity (Wildman–Crippen MR) is 95.8 cm³/mol. The zero-order chi connectivity index (χ0) is 19.8. The normalized spacial score (nSPS) is 11.6. The van der Waals surface area contributed by atoms with Gasteiger partial charge in [0.2, 0.25) is 5.91 Å². The van der Waals surface area contributed by atoms with Crippen LogP contribution in [0.25, 0.3) is 10.9 Å². The number of hydrogen-bond donors (Lipinski definition) is 1. The highest BCUT2D eigenvalue weighted by Crippen LogP contribution is 2.36. The highest BCUT2D eigenvalue weighted by molar-refractivity contribution is 6.31. The SMILES string of the molecule is Cc1ccc2ncn(CC(=O)Nc3ccc(Cl)c(C(F)(F)F)c3)c(=O)c2c1. The third-order valence-corrected chi connectivity index (χ3v) is 4.18. The first kappa shape index (κ1) is 18.9. The van der Waals surface area contributed by atoms with Gasteiger partial charge in [-0.05, 0) is 37.3 Å². The van der Waals surface area contributed by atoms with Gasteiger partial charge < -0.3 is 5.32 Å². The molecular formula is C18H13ClF3N3O2. The lowest BCUT2D eigenvalue weighted by atomic mass is 10.2. The summed E-state index contributed by atoms with van der Waals surface area (Å²) >= 11 is 5.55. The minimum Gasteiger partial charge on any atom is -0.325 e. The minimum absolute atomic E-state index is 0.0747. The van der Waals surface area contributed by atoms with E-state index in [0.29, 0.717) is 10.9 Å².